The number of hydrogen-bond donors (Lipinski definition) is 2. The number of aromatic nitrogens is 2. The van der Waals surface area contributed by atoms with E-state index in [-0.39, 0.29) is 29.7 Å². The van der Waals surface area contributed by atoms with Gasteiger partial charge in [0.2, 0.25) is 5.95 Å². The molecule has 34 heavy (non-hydrogen) atoms. The van der Waals surface area contributed by atoms with Crippen LogP contribution in [0.25, 0.3) is 0 Å². The zero-order valence-electron chi connectivity index (χ0n) is 18.3. The van der Waals surface area contributed by atoms with Crippen LogP contribution in [0.4, 0.5) is 27.5 Å². The third-order valence-corrected chi connectivity index (χ3v) is 5.77. The van der Waals surface area contributed by atoms with Gasteiger partial charge in [-0.1, -0.05) is 18.9 Å². The van der Waals surface area contributed by atoms with Gasteiger partial charge in [-0.15, -0.1) is 6.42 Å². The summed E-state index contributed by atoms with van der Waals surface area (Å²) in [6.45, 7) is 3.18. The van der Waals surface area contributed by atoms with Gasteiger partial charge in [0.1, 0.15) is 17.3 Å². The molecular weight excluding hydrogens is 463 g/mol. The first-order valence-corrected chi connectivity index (χ1v) is 11.4. The van der Waals surface area contributed by atoms with Crippen LogP contribution in [0.15, 0.2) is 53.6 Å². The van der Waals surface area contributed by atoms with Gasteiger partial charge >= 0.3 is 16.1 Å². The lowest BCUT2D eigenvalue weighted by atomic mass is 10.2. The topological polar surface area (TPSA) is 120 Å². The Balaban J connectivity index is 1.80. The van der Waals surface area contributed by atoms with Gasteiger partial charge in [0, 0.05) is 17.8 Å². The minimum atomic E-state index is -4.31. The van der Waals surface area contributed by atoms with E-state index in [1.807, 2.05) is 0 Å². The maximum Gasteiger partial charge on any atom is 0.342 e. The Hall–Kier alpha value is -4.17. The molecule has 0 aliphatic rings. The van der Waals surface area contributed by atoms with E-state index in [1.165, 1.54) is 19.1 Å². The van der Waals surface area contributed by atoms with E-state index < -0.39 is 21.9 Å². The first-order valence-electron chi connectivity index (χ1n) is 10.0. The number of ether oxygens (including phenoxy) is 1. The summed E-state index contributed by atoms with van der Waals surface area (Å²) in [6.07, 6.45) is 6.04. The molecule has 11 heteroatoms. The van der Waals surface area contributed by atoms with Gasteiger partial charge in [0.15, 0.2) is 11.6 Å². The molecule has 0 atom stereocenters. The van der Waals surface area contributed by atoms with E-state index in [0.29, 0.717) is 22.7 Å². The highest BCUT2D eigenvalue weighted by Gasteiger charge is 2.22. The quantitative estimate of drug-likeness (QED) is 0.342. The molecule has 0 amide bonds. The van der Waals surface area contributed by atoms with Crippen molar-refractivity contribution in [2.45, 2.75) is 25.2 Å². The van der Waals surface area contributed by atoms with E-state index in [0.717, 1.165) is 6.20 Å². The van der Waals surface area contributed by atoms with Gasteiger partial charge in [-0.05, 0) is 48.9 Å². The summed E-state index contributed by atoms with van der Waals surface area (Å²) in [6, 6.07) is 11.0. The average Bonchev–Trinajstić information content (AvgIpc) is 2.81. The number of nitrogens with one attached hydrogen (secondary N) is 2. The highest BCUT2D eigenvalue weighted by molar-refractivity contribution is 7.87. The Kier molecular flexibility index (Phi) is 7.65. The molecule has 2 N–H and O–H groups in total. The molecule has 176 valence electrons. The number of terminal acetylenes is 1. The summed E-state index contributed by atoms with van der Waals surface area (Å²) >= 11 is 0. The first kappa shape index (κ1) is 24.5. The number of rotatable bonds is 9. The zero-order chi connectivity index (χ0) is 24.7. The summed E-state index contributed by atoms with van der Waals surface area (Å²) < 4.78 is 49.0. The Labute approximate surface area is 196 Å². The lowest BCUT2D eigenvalue weighted by Gasteiger charge is -2.12. The van der Waals surface area contributed by atoms with Crippen molar-refractivity contribution >= 4 is 39.2 Å². The van der Waals surface area contributed by atoms with Crippen molar-refractivity contribution in [1.82, 2.24) is 9.97 Å². The maximum atomic E-state index is 14.3. The number of benzene rings is 2. The van der Waals surface area contributed by atoms with Crippen LogP contribution in [-0.2, 0) is 19.1 Å². The normalized spacial score (nSPS) is 10.8. The van der Waals surface area contributed by atoms with E-state index in [4.69, 9.17) is 11.2 Å². The van der Waals surface area contributed by atoms with Crippen molar-refractivity contribution in [3.8, 4) is 18.1 Å². The monoisotopic (exact) mass is 484 g/mol. The largest absolute Gasteiger partial charge is 0.481 e. The van der Waals surface area contributed by atoms with Crippen LogP contribution >= 0.6 is 0 Å². The fraction of sp³-hybridized carbons (Fsp3) is 0.174. The Morgan fingerprint density at radius 1 is 1.15 bits per heavy atom. The molecule has 0 radical (unpaired) electrons. The molecule has 9 nitrogen and oxygen atoms in total. The first-order chi connectivity index (χ1) is 16.2. The van der Waals surface area contributed by atoms with Gasteiger partial charge in [0.05, 0.1) is 6.20 Å². The van der Waals surface area contributed by atoms with Gasteiger partial charge in [-0.25, -0.2) is 9.37 Å². The highest BCUT2D eigenvalue weighted by atomic mass is 32.2. The van der Waals surface area contributed by atoms with Crippen LogP contribution in [0.1, 0.15) is 18.9 Å². The van der Waals surface area contributed by atoms with Crippen LogP contribution in [0.5, 0.6) is 5.75 Å². The summed E-state index contributed by atoms with van der Waals surface area (Å²) in [5.41, 5.74) is 1.22. The Morgan fingerprint density at radius 2 is 1.85 bits per heavy atom. The molecule has 0 aliphatic carbocycles. The lowest BCUT2D eigenvalue weighted by molar-refractivity contribution is -0.133. The second kappa shape index (κ2) is 10.6. The minimum absolute atomic E-state index is 0.00984. The number of anilines is 4. The van der Waals surface area contributed by atoms with E-state index in [9.17, 15) is 17.6 Å². The van der Waals surface area contributed by atoms with Crippen molar-refractivity contribution in [2.75, 3.05) is 17.2 Å². The maximum absolute atomic E-state index is 14.3. The molecule has 0 saturated heterocycles. The van der Waals surface area contributed by atoms with Crippen LogP contribution in [0.2, 0.25) is 0 Å². The number of aryl methyl sites for hydroxylation is 1. The summed E-state index contributed by atoms with van der Waals surface area (Å²) in [5, 5.41) is 5.66. The Bertz CT molecular complexity index is 1340. The molecule has 1 aromatic heterocycles. The van der Waals surface area contributed by atoms with E-state index >= 15 is 0 Å². The predicted octanol–water partition coefficient (Wildman–Crippen LogP) is 4.07. The third-order valence-electron chi connectivity index (χ3n) is 4.39. The second-order valence-corrected chi connectivity index (χ2v) is 8.42. The summed E-state index contributed by atoms with van der Waals surface area (Å²) in [7, 11) is -4.31. The lowest BCUT2D eigenvalue weighted by Crippen LogP contribution is -2.13. The number of nitrogens with zero attached hydrogens (tertiary/aromatic N) is 2. The van der Waals surface area contributed by atoms with Crippen LogP contribution in [-0.4, -0.2) is 31.0 Å². The van der Waals surface area contributed by atoms with Crippen LogP contribution < -0.4 is 15.4 Å². The number of carbonyl (C=O) groups is 1. The van der Waals surface area contributed by atoms with E-state index in [2.05, 4.69) is 30.7 Å². The fourth-order valence-corrected chi connectivity index (χ4v) is 3.90. The molecule has 0 spiro atoms. The number of halogens is 1. The predicted molar refractivity (Wildman–Crippen MR) is 124 cm³/mol. The van der Waals surface area contributed by atoms with Crippen LogP contribution in [0.3, 0.4) is 0 Å². The van der Waals surface area contributed by atoms with Gasteiger partial charge in [-0.3, -0.25) is 4.79 Å². The molecular formula is C23H21FN4O5S. The molecule has 0 fully saturated rings. The van der Waals surface area contributed by atoms with E-state index in [1.54, 1.807) is 37.3 Å². The average molecular weight is 485 g/mol. The number of hydrogen-bond acceptors (Lipinski definition) is 9. The summed E-state index contributed by atoms with van der Waals surface area (Å²) in [5.74, 6) is 1.26. The SMILES string of the molecule is C#CCOc1ccc(Nc2nc(Nc3ccc(C)c(S(=O)(=O)OC(=O)CC)c3)ncc2F)cc1. The molecule has 0 saturated carbocycles. The second-order valence-electron chi connectivity index (χ2n) is 6.90. The van der Waals surface area contributed by atoms with Crippen molar-refractivity contribution in [2.24, 2.45) is 0 Å². The molecule has 0 unspecified atom stereocenters. The number of carbonyl (C=O) groups excluding carboxylic acids is 1. The molecule has 3 aromatic rings. The highest BCUT2D eigenvalue weighted by Crippen LogP contribution is 2.26. The molecule has 2 aromatic carbocycles. The van der Waals surface area contributed by atoms with Gasteiger partial charge in [0.25, 0.3) is 0 Å². The van der Waals surface area contributed by atoms with Crippen molar-refractivity contribution in [1.29, 1.82) is 0 Å². The van der Waals surface area contributed by atoms with Crippen molar-refractivity contribution in [3.63, 3.8) is 0 Å². The minimum Gasteiger partial charge on any atom is -0.481 e. The molecule has 3 rings (SSSR count). The summed E-state index contributed by atoms with van der Waals surface area (Å²) in [4.78, 5) is 19.3. The smallest absolute Gasteiger partial charge is 0.342 e. The van der Waals surface area contributed by atoms with Gasteiger partial charge in [-0.2, -0.15) is 13.4 Å². The molecule has 0 bridgehead atoms. The fourth-order valence-electron chi connectivity index (χ4n) is 2.71. The molecule has 1 heterocycles. The van der Waals surface area contributed by atoms with Crippen molar-refractivity contribution in [3.05, 3.63) is 60.0 Å². The van der Waals surface area contributed by atoms with Crippen molar-refractivity contribution < 1.29 is 26.5 Å². The standard InChI is InChI=1S/C23H21FN4O5S/c1-4-12-32-18-10-8-16(9-11-18)26-22-19(24)14-25-23(28-22)27-17-7-6-15(3)20(13-17)34(30,31)33-21(29)5-2/h1,6-11,13-14H,5,12H2,2-3H3,(H2,25,26,27,28). The Morgan fingerprint density at radius 3 is 2.53 bits per heavy atom. The molecule has 0 aliphatic heterocycles. The zero-order valence-corrected chi connectivity index (χ0v) is 19.1. The van der Waals surface area contributed by atoms with Crippen LogP contribution in [0, 0.1) is 25.1 Å². The third kappa shape index (κ3) is 6.20. The van der Waals surface area contributed by atoms with Gasteiger partial charge < -0.3 is 19.6 Å².